The summed E-state index contributed by atoms with van der Waals surface area (Å²) >= 11 is 0. The quantitative estimate of drug-likeness (QED) is 0.247. The van der Waals surface area contributed by atoms with Crippen molar-refractivity contribution in [1.29, 1.82) is 0 Å². The number of imide groups is 1. The number of carbonyl (C=O) groups is 3. The molecule has 0 aliphatic heterocycles. The van der Waals surface area contributed by atoms with E-state index in [2.05, 4.69) is 5.32 Å². The Morgan fingerprint density at radius 1 is 1.06 bits per heavy atom. The van der Waals surface area contributed by atoms with Gasteiger partial charge in [-0.2, -0.15) is 0 Å². The van der Waals surface area contributed by atoms with Gasteiger partial charge in [0.05, 0.1) is 6.61 Å². The lowest BCUT2D eigenvalue weighted by Crippen LogP contribution is -2.34. The minimum atomic E-state index is -1.06. The van der Waals surface area contributed by atoms with E-state index >= 15 is 0 Å². The summed E-state index contributed by atoms with van der Waals surface area (Å²) in [6.07, 6.45) is -0.714. The maximum Gasteiger partial charge on any atom is 0.414 e. The van der Waals surface area contributed by atoms with E-state index in [1.54, 1.807) is 54.6 Å². The van der Waals surface area contributed by atoms with Crippen LogP contribution in [0.2, 0.25) is 0 Å². The lowest BCUT2D eigenvalue weighted by atomic mass is 10.0. The van der Waals surface area contributed by atoms with E-state index in [-0.39, 0.29) is 18.8 Å². The van der Waals surface area contributed by atoms with Crippen LogP contribution in [0, 0.1) is 0 Å². The Hall–Kier alpha value is -3.73. The van der Waals surface area contributed by atoms with E-state index in [0.717, 1.165) is 6.08 Å². The SMILES string of the molecule is CO[C@@H](/C=C/C(=O)NO)[C@@H](OC(=O)NC(=O)c1ccccc1)c1ccc(OCCO)cc1. The van der Waals surface area contributed by atoms with Crippen LogP contribution in [-0.2, 0) is 14.3 Å². The van der Waals surface area contributed by atoms with Gasteiger partial charge in [-0.05, 0) is 35.9 Å². The molecule has 0 saturated heterocycles. The van der Waals surface area contributed by atoms with Gasteiger partial charge in [0, 0.05) is 18.7 Å². The molecular weight excluding hydrogens is 420 g/mol. The summed E-state index contributed by atoms with van der Waals surface area (Å²) in [5.41, 5.74) is 2.20. The van der Waals surface area contributed by atoms with Crippen molar-refractivity contribution >= 4 is 17.9 Å². The molecule has 0 radical (unpaired) electrons. The second-order valence-electron chi connectivity index (χ2n) is 6.32. The number of hydrogen-bond acceptors (Lipinski definition) is 8. The number of carbonyl (C=O) groups excluding carboxylic acids is 3. The van der Waals surface area contributed by atoms with Crippen LogP contribution in [0.1, 0.15) is 22.0 Å². The first-order chi connectivity index (χ1) is 15.5. The summed E-state index contributed by atoms with van der Waals surface area (Å²) in [6.45, 7) is -0.0322. The zero-order valence-corrected chi connectivity index (χ0v) is 17.3. The first kappa shape index (κ1) is 24.5. The molecule has 2 aromatic rings. The molecule has 10 heteroatoms. The summed E-state index contributed by atoms with van der Waals surface area (Å²) in [6, 6.07) is 14.5. The van der Waals surface area contributed by atoms with Gasteiger partial charge >= 0.3 is 6.09 Å². The van der Waals surface area contributed by atoms with E-state index in [0.29, 0.717) is 11.3 Å². The molecule has 3 amide bonds. The van der Waals surface area contributed by atoms with Crippen molar-refractivity contribution in [2.24, 2.45) is 0 Å². The van der Waals surface area contributed by atoms with Crippen LogP contribution in [0.15, 0.2) is 66.7 Å². The normalized spacial score (nSPS) is 12.6. The van der Waals surface area contributed by atoms with Crippen molar-refractivity contribution in [1.82, 2.24) is 10.8 Å². The molecule has 0 bridgehead atoms. The standard InChI is InChI=1S/C22H24N2O8/c1-30-18(11-12-19(26)24-29)20(15-7-9-17(10-8-15)31-14-13-25)32-22(28)23-21(27)16-5-3-2-4-6-16/h2-12,18,20,25,29H,13-14H2,1H3,(H,24,26)(H,23,27,28)/b12-11+/t18-,20-/m0/s1. The highest BCUT2D eigenvalue weighted by molar-refractivity contribution is 6.02. The summed E-state index contributed by atoms with van der Waals surface area (Å²) < 4.78 is 16.1. The van der Waals surface area contributed by atoms with Crippen LogP contribution >= 0.6 is 0 Å². The number of aliphatic hydroxyl groups excluding tert-OH is 1. The number of hydroxylamine groups is 1. The Bertz CT molecular complexity index is 915. The first-order valence-corrected chi connectivity index (χ1v) is 9.54. The van der Waals surface area contributed by atoms with Gasteiger partial charge in [-0.1, -0.05) is 30.3 Å². The summed E-state index contributed by atoms with van der Waals surface area (Å²) in [4.78, 5) is 36.0. The fourth-order valence-electron chi connectivity index (χ4n) is 2.66. The number of aliphatic hydroxyl groups is 1. The highest BCUT2D eigenvalue weighted by atomic mass is 16.6. The number of nitrogens with one attached hydrogen (secondary N) is 2. The van der Waals surface area contributed by atoms with Gasteiger partial charge < -0.3 is 19.3 Å². The third-order valence-electron chi connectivity index (χ3n) is 4.17. The summed E-state index contributed by atoms with van der Waals surface area (Å²) in [7, 11) is 1.34. The molecule has 2 rings (SSSR count). The van der Waals surface area contributed by atoms with Gasteiger partial charge in [-0.15, -0.1) is 0 Å². The molecule has 2 aromatic carbocycles. The predicted octanol–water partition coefficient (Wildman–Crippen LogP) is 1.74. The van der Waals surface area contributed by atoms with Gasteiger partial charge in [0.25, 0.3) is 11.8 Å². The Morgan fingerprint density at radius 3 is 2.34 bits per heavy atom. The highest BCUT2D eigenvalue weighted by Crippen LogP contribution is 2.26. The lowest BCUT2D eigenvalue weighted by Gasteiger charge is -2.24. The lowest BCUT2D eigenvalue weighted by molar-refractivity contribution is -0.124. The Labute approximate surface area is 184 Å². The van der Waals surface area contributed by atoms with Crippen molar-refractivity contribution in [3.05, 3.63) is 77.9 Å². The number of amides is 3. The molecule has 0 saturated carbocycles. The fourth-order valence-corrected chi connectivity index (χ4v) is 2.66. The van der Waals surface area contributed by atoms with Crippen molar-refractivity contribution in [2.45, 2.75) is 12.2 Å². The topological polar surface area (TPSA) is 143 Å². The van der Waals surface area contributed by atoms with E-state index in [1.165, 1.54) is 18.7 Å². The predicted molar refractivity (Wildman–Crippen MR) is 112 cm³/mol. The molecule has 4 N–H and O–H groups in total. The minimum Gasteiger partial charge on any atom is -0.491 e. The average molecular weight is 444 g/mol. The molecule has 0 aliphatic rings. The number of ether oxygens (including phenoxy) is 3. The van der Waals surface area contributed by atoms with Crippen LogP contribution in [0.25, 0.3) is 0 Å². The smallest absolute Gasteiger partial charge is 0.414 e. The number of benzene rings is 2. The average Bonchev–Trinajstić information content (AvgIpc) is 2.83. The molecule has 0 aromatic heterocycles. The zero-order chi connectivity index (χ0) is 23.3. The molecule has 10 nitrogen and oxygen atoms in total. The van der Waals surface area contributed by atoms with Gasteiger partial charge in [0.15, 0.2) is 6.10 Å². The van der Waals surface area contributed by atoms with Crippen LogP contribution in [0.4, 0.5) is 4.79 Å². The van der Waals surface area contributed by atoms with Crippen LogP contribution < -0.4 is 15.5 Å². The van der Waals surface area contributed by atoms with E-state index in [4.69, 9.17) is 24.5 Å². The van der Waals surface area contributed by atoms with E-state index in [9.17, 15) is 14.4 Å². The molecular formula is C22H24N2O8. The zero-order valence-electron chi connectivity index (χ0n) is 17.3. The second-order valence-corrected chi connectivity index (χ2v) is 6.32. The molecule has 0 heterocycles. The van der Waals surface area contributed by atoms with Gasteiger partial charge in [0.2, 0.25) is 0 Å². The molecule has 0 spiro atoms. The van der Waals surface area contributed by atoms with Crippen molar-refractivity contribution in [2.75, 3.05) is 20.3 Å². The van der Waals surface area contributed by atoms with Gasteiger partial charge in [0.1, 0.15) is 18.5 Å². The largest absolute Gasteiger partial charge is 0.491 e. The Morgan fingerprint density at radius 2 is 1.75 bits per heavy atom. The van der Waals surface area contributed by atoms with E-state index < -0.39 is 30.1 Å². The molecule has 170 valence electrons. The number of hydrogen-bond donors (Lipinski definition) is 4. The maximum absolute atomic E-state index is 12.4. The van der Waals surface area contributed by atoms with Crippen LogP contribution in [0.5, 0.6) is 5.75 Å². The Kier molecular flexibility index (Phi) is 9.85. The number of alkyl carbamates (subject to hydrolysis) is 1. The maximum atomic E-state index is 12.4. The fraction of sp³-hybridized carbons (Fsp3) is 0.227. The molecule has 0 aliphatic carbocycles. The third kappa shape index (κ3) is 7.51. The van der Waals surface area contributed by atoms with Crippen molar-refractivity contribution in [3.8, 4) is 5.75 Å². The third-order valence-corrected chi connectivity index (χ3v) is 4.17. The summed E-state index contributed by atoms with van der Waals surface area (Å²) in [5, 5.41) is 19.7. The summed E-state index contributed by atoms with van der Waals surface area (Å²) in [5.74, 6) is -0.969. The van der Waals surface area contributed by atoms with Crippen LogP contribution in [0.3, 0.4) is 0 Å². The molecule has 0 unspecified atom stereocenters. The van der Waals surface area contributed by atoms with Gasteiger partial charge in [-0.25, -0.2) is 10.3 Å². The monoisotopic (exact) mass is 444 g/mol. The van der Waals surface area contributed by atoms with E-state index in [1.807, 2.05) is 0 Å². The molecule has 2 atom stereocenters. The first-order valence-electron chi connectivity index (χ1n) is 9.54. The van der Waals surface area contributed by atoms with Crippen molar-refractivity contribution in [3.63, 3.8) is 0 Å². The minimum absolute atomic E-state index is 0.114. The van der Waals surface area contributed by atoms with Crippen molar-refractivity contribution < 1.29 is 38.9 Å². The molecule has 0 fully saturated rings. The Balaban J connectivity index is 2.22. The highest BCUT2D eigenvalue weighted by Gasteiger charge is 2.27. The van der Waals surface area contributed by atoms with Crippen LogP contribution in [-0.4, -0.2) is 54.6 Å². The van der Waals surface area contributed by atoms with Gasteiger partial charge in [-0.3, -0.25) is 20.1 Å². The molecule has 32 heavy (non-hydrogen) atoms. The number of rotatable bonds is 10. The number of methoxy groups -OCH3 is 1. The second kappa shape index (κ2) is 12.8.